The Kier molecular flexibility index (Phi) is 6.21. The first-order valence-corrected chi connectivity index (χ1v) is 7.00. The van der Waals surface area contributed by atoms with Crippen LogP contribution in [0.2, 0.25) is 0 Å². The van der Waals surface area contributed by atoms with Crippen LogP contribution in [0.5, 0.6) is 5.75 Å². The molecule has 21 heavy (non-hydrogen) atoms. The molecule has 5 heteroatoms. The van der Waals surface area contributed by atoms with Gasteiger partial charge < -0.3 is 20.0 Å². The molecule has 0 spiro atoms. The number of carbonyl (C=O) groups excluding carboxylic acids is 2. The van der Waals surface area contributed by atoms with Crippen molar-refractivity contribution in [1.82, 2.24) is 5.32 Å². The minimum absolute atomic E-state index is 0.220. The van der Waals surface area contributed by atoms with Crippen LogP contribution >= 0.6 is 0 Å². The van der Waals surface area contributed by atoms with Crippen LogP contribution in [0.25, 0.3) is 0 Å². The minimum atomic E-state index is -0.549. The van der Waals surface area contributed by atoms with E-state index in [-0.39, 0.29) is 18.2 Å². The van der Waals surface area contributed by atoms with E-state index in [9.17, 15) is 14.7 Å². The van der Waals surface area contributed by atoms with Crippen LogP contribution in [0.15, 0.2) is 24.3 Å². The highest BCUT2D eigenvalue weighted by Crippen LogP contribution is 2.13. The number of hydrogen-bond acceptors (Lipinski definition) is 4. The summed E-state index contributed by atoms with van der Waals surface area (Å²) in [6, 6.07) is 6.87. The van der Waals surface area contributed by atoms with E-state index in [1.807, 2.05) is 12.1 Å². The number of carbonyl (C=O) groups is 2. The van der Waals surface area contributed by atoms with Gasteiger partial charge in [0.25, 0.3) is 0 Å². The first-order chi connectivity index (χ1) is 9.80. The lowest BCUT2D eigenvalue weighted by molar-refractivity contribution is -0.111. The van der Waals surface area contributed by atoms with Crippen LogP contribution in [0.4, 0.5) is 4.79 Å². The fourth-order valence-electron chi connectivity index (χ4n) is 1.76. The van der Waals surface area contributed by atoms with Gasteiger partial charge in [-0.25, -0.2) is 4.79 Å². The first kappa shape index (κ1) is 17.0. The number of rotatable bonds is 6. The van der Waals surface area contributed by atoms with Gasteiger partial charge in [-0.3, -0.25) is 0 Å². The number of aldehydes is 1. The third-order valence-electron chi connectivity index (χ3n) is 2.84. The Balaban J connectivity index is 2.36. The lowest BCUT2D eigenvalue weighted by Crippen LogP contribution is -2.35. The topological polar surface area (TPSA) is 75.6 Å². The summed E-state index contributed by atoms with van der Waals surface area (Å²) < 4.78 is 5.11. The average Bonchev–Trinajstić information content (AvgIpc) is 2.39. The SMILES string of the molecule is CC(C)(C)OC(=O)NCC(C=O)CCc1ccc(O)cc1. The zero-order valence-electron chi connectivity index (χ0n) is 12.8. The maximum atomic E-state index is 11.5. The minimum Gasteiger partial charge on any atom is -0.508 e. The third-order valence-corrected chi connectivity index (χ3v) is 2.84. The fraction of sp³-hybridized carbons (Fsp3) is 0.500. The molecule has 1 amide bonds. The molecule has 1 aromatic rings. The van der Waals surface area contributed by atoms with Crippen LogP contribution < -0.4 is 5.32 Å². The second kappa shape index (κ2) is 7.67. The van der Waals surface area contributed by atoms with Gasteiger partial charge in [-0.1, -0.05) is 12.1 Å². The summed E-state index contributed by atoms with van der Waals surface area (Å²) in [5, 5.41) is 11.8. The Morgan fingerprint density at radius 2 is 1.95 bits per heavy atom. The van der Waals surface area contributed by atoms with Crippen LogP contribution in [0, 0.1) is 5.92 Å². The highest BCUT2D eigenvalue weighted by atomic mass is 16.6. The second-order valence-corrected chi connectivity index (χ2v) is 5.98. The highest BCUT2D eigenvalue weighted by Gasteiger charge is 2.17. The number of alkyl carbamates (subject to hydrolysis) is 1. The van der Waals surface area contributed by atoms with Crippen molar-refractivity contribution < 1.29 is 19.4 Å². The summed E-state index contributed by atoms with van der Waals surface area (Å²) >= 11 is 0. The van der Waals surface area contributed by atoms with Gasteiger partial charge in [-0.05, 0) is 51.3 Å². The molecular formula is C16H23NO4. The van der Waals surface area contributed by atoms with E-state index in [1.165, 1.54) is 0 Å². The Bertz CT molecular complexity index is 462. The third kappa shape index (κ3) is 7.34. The van der Waals surface area contributed by atoms with E-state index in [2.05, 4.69) is 5.32 Å². The average molecular weight is 293 g/mol. The highest BCUT2D eigenvalue weighted by molar-refractivity contribution is 5.68. The molecule has 0 aliphatic carbocycles. The van der Waals surface area contributed by atoms with E-state index in [0.29, 0.717) is 12.8 Å². The fourth-order valence-corrected chi connectivity index (χ4v) is 1.76. The number of aromatic hydroxyl groups is 1. The van der Waals surface area contributed by atoms with Gasteiger partial charge in [-0.2, -0.15) is 0 Å². The molecule has 0 saturated carbocycles. The van der Waals surface area contributed by atoms with Gasteiger partial charge in [0.05, 0.1) is 0 Å². The van der Waals surface area contributed by atoms with E-state index < -0.39 is 11.7 Å². The molecule has 1 aromatic carbocycles. The summed E-state index contributed by atoms with van der Waals surface area (Å²) in [5.41, 5.74) is 0.490. The number of amides is 1. The molecule has 0 saturated heterocycles. The summed E-state index contributed by atoms with van der Waals surface area (Å²) in [7, 11) is 0. The molecule has 1 rings (SSSR count). The van der Waals surface area contributed by atoms with Crippen molar-refractivity contribution in [3.63, 3.8) is 0 Å². The lowest BCUT2D eigenvalue weighted by Gasteiger charge is -2.20. The maximum absolute atomic E-state index is 11.5. The summed E-state index contributed by atoms with van der Waals surface area (Å²) in [4.78, 5) is 22.6. The van der Waals surface area contributed by atoms with Crippen molar-refractivity contribution in [1.29, 1.82) is 0 Å². The van der Waals surface area contributed by atoms with Crippen molar-refractivity contribution in [2.75, 3.05) is 6.54 Å². The molecule has 1 unspecified atom stereocenters. The molecule has 0 aromatic heterocycles. The van der Waals surface area contributed by atoms with Crippen LogP contribution in [0.1, 0.15) is 32.8 Å². The molecule has 2 N–H and O–H groups in total. The molecule has 0 bridgehead atoms. The van der Waals surface area contributed by atoms with Gasteiger partial charge in [0, 0.05) is 12.5 Å². The number of phenolic OH excluding ortho intramolecular Hbond substituents is 1. The smallest absolute Gasteiger partial charge is 0.407 e. The van der Waals surface area contributed by atoms with E-state index in [1.54, 1.807) is 32.9 Å². The Morgan fingerprint density at radius 1 is 1.33 bits per heavy atom. The van der Waals surface area contributed by atoms with Crippen molar-refractivity contribution in [3.8, 4) is 5.75 Å². The molecule has 0 fully saturated rings. The number of hydrogen-bond donors (Lipinski definition) is 2. The molecule has 1 atom stereocenters. The second-order valence-electron chi connectivity index (χ2n) is 5.98. The predicted molar refractivity (Wildman–Crippen MR) is 80.2 cm³/mol. The number of ether oxygens (including phenoxy) is 1. The molecule has 0 aliphatic rings. The van der Waals surface area contributed by atoms with Gasteiger partial charge in [0.1, 0.15) is 17.6 Å². The van der Waals surface area contributed by atoms with Gasteiger partial charge >= 0.3 is 6.09 Å². The zero-order chi connectivity index (χ0) is 15.9. The Hall–Kier alpha value is -2.04. The van der Waals surface area contributed by atoms with Crippen molar-refractivity contribution in [3.05, 3.63) is 29.8 Å². The zero-order valence-corrected chi connectivity index (χ0v) is 12.8. The number of aryl methyl sites for hydroxylation is 1. The van der Waals surface area contributed by atoms with Crippen LogP contribution in [-0.2, 0) is 16.0 Å². The largest absolute Gasteiger partial charge is 0.508 e. The van der Waals surface area contributed by atoms with E-state index in [0.717, 1.165) is 11.8 Å². The molecule has 0 radical (unpaired) electrons. The van der Waals surface area contributed by atoms with Crippen molar-refractivity contribution in [2.24, 2.45) is 5.92 Å². The number of phenols is 1. The number of nitrogens with one attached hydrogen (secondary N) is 1. The monoisotopic (exact) mass is 293 g/mol. The van der Waals surface area contributed by atoms with E-state index in [4.69, 9.17) is 4.74 Å². The molecular weight excluding hydrogens is 270 g/mol. The van der Waals surface area contributed by atoms with Gasteiger partial charge in [0.2, 0.25) is 0 Å². The normalized spacial score (nSPS) is 12.5. The van der Waals surface area contributed by atoms with E-state index >= 15 is 0 Å². The van der Waals surface area contributed by atoms with Crippen LogP contribution in [-0.4, -0.2) is 29.6 Å². The van der Waals surface area contributed by atoms with Crippen molar-refractivity contribution in [2.45, 2.75) is 39.2 Å². The molecule has 116 valence electrons. The first-order valence-electron chi connectivity index (χ1n) is 7.00. The molecule has 0 heterocycles. The predicted octanol–water partition coefficient (Wildman–Crippen LogP) is 2.66. The maximum Gasteiger partial charge on any atom is 0.407 e. The summed E-state index contributed by atoms with van der Waals surface area (Å²) in [6.07, 6.45) is 1.67. The van der Waals surface area contributed by atoms with Crippen molar-refractivity contribution >= 4 is 12.4 Å². The van der Waals surface area contributed by atoms with Crippen LogP contribution in [0.3, 0.4) is 0 Å². The lowest BCUT2D eigenvalue weighted by atomic mass is 10.0. The van der Waals surface area contributed by atoms with Gasteiger partial charge in [0.15, 0.2) is 0 Å². The number of benzene rings is 1. The Morgan fingerprint density at radius 3 is 2.48 bits per heavy atom. The Labute approximate surface area is 125 Å². The summed E-state index contributed by atoms with van der Waals surface area (Å²) in [5.74, 6) is -0.0383. The quantitative estimate of drug-likeness (QED) is 0.791. The van der Waals surface area contributed by atoms with Gasteiger partial charge in [-0.15, -0.1) is 0 Å². The summed E-state index contributed by atoms with van der Waals surface area (Å²) in [6.45, 7) is 5.62. The standard InChI is InChI=1S/C16H23NO4/c1-16(2,3)21-15(20)17-10-13(11-18)5-4-12-6-8-14(19)9-7-12/h6-9,11,13,19H,4-5,10H2,1-3H3,(H,17,20). The molecule has 0 aliphatic heterocycles. The molecule has 5 nitrogen and oxygen atoms in total.